The second-order valence-electron chi connectivity index (χ2n) is 6.94. The molecule has 0 aliphatic carbocycles. The Morgan fingerprint density at radius 2 is 2.03 bits per heavy atom. The Labute approximate surface area is 181 Å². The van der Waals surface area contributed by atoms with Gasteiger partial charge in [-0.05, 0) is 31.2 Å². The molecule has 150 valence electrons. The number of anilines is 1. The molecule has 6 nitrogen and oxygen atoms in total. The van der Waals surface area contributed by atoms with Crippen molar-refractivity contribution in [1.29, 1.82) is 0 Å². The van der Waals surface area contributed by atoms with Gasteiger partial charge < -0.3 is 10.3 Å². The molecule has 0 saturated heterocycles. The van der Waals surface area contributed by atoms with Crippen LogP contribution in [0.2, 0.25) is 0 Å². The molecule has 0 fully saturated rings. The molecular formula is C22H19N5OS2. The maximum absolute atomic E-state index is 12.4. The van der Waals surface area contributed by atoms with E-state index in [0.29, 0.717) is 5.75 Å². The summed E-state index contributed by atoms with van der Waals surface area (Å²) in [6.45, 7) is 2.06. The number of hydrogen-bond donors (Lipinski definition) is 2. The molecule has 1 atom stereocenters. The van der Waals surface area contributed by atoms with Crippen LogP contribution in [0.25, 0.3) is 27.3 Å². The van der Waals surface area contributed by atoms with Crippen LogP contribution in [-0.2, 0) is 4.79 Å². The summed E-state index contributed by atoms with van der Waals surface area (Å²) >= 11 is 3.17. The Morgan fingerprint density at radius 3 is 2.83 bits per heavy atom. The van der Waals surface area contributed by atoms with Crippen LogP contribution in [0.1, 0.15) is 18.0 Å². The van der Waals surface area contributed by atoms with Gasteiger partial charge in [0.15, 0.2) is 4.96 Å². The fourth-order valence-electron chi connectivity index (χ4n) is 3.23. The topological polar surface area (TPSA) is 75.1 Å². The number of H-pyrrole nitrogens is 1. The molecule has 5 rings (SSSR count). The van der Waals surface area contributed by atoms with Gasteiger partial charge in [-0.25, -0.2) is 9.97 Å². The minimum atomic E-state index is -0.0294. The smallest absolute Gasteiger partial charge is 0.234 e. The maximum Gasteiger partial charge on any atom is 0.234 e. The Bertz CT molecular complexity index is 1260. The van der Waals surface area contributed by atoms with Crippen LogP contribution in [0.15, 0.2) is 66.3 Å². The lowest BCUT2D eigenvalue weighted by Crippen LogP contribution is -2.14. The first-order chi connectivity index (χ1) is 14.7. The van der Waals surface area contributed by atoms with Crippen molar-refractivity contribution < 1.29 is 4.79 Å². The molecule has 1 amide bonds. The Kier molecular flexibility index (Phi) is 5.02. The molecule has 8 heteroatoms. The summed E-state index contributed by atoms with van der Waals surface area (Å²) in [7, 11) is 0. The van der Waals surface area contributed by atoms with Crippen molar-refractivity contribution in [2.24, 2.45) is 0 Å². The van der Waals surface area contributed by atoms with Crippen LogP contribution in [0.3, 0.4) is 0 Å². The van der Waals surface area contributed by atoms with E-state index in [4.69, 9.17) is 0 Å². The molecule has 0 aliphatic heterocycles. The third kappa shape index (κ3) is 3.83. The minimum Gasteiger partial charge on any atom is -0.341 e. The number of carbonyl (C=O) groups excluding carboxylic acids is 1. The highest BCUT2D eigenvalue weighted by molar-refractivity contribution is 8.00. The second kappa shape index (κ2) is 7.97. The summed E-state index contributed by atoms with van der Waals surface area (Å²) in [5.41, 5.74) is 4.69. The summed E-state index contributed by atoms with van der Waals surface area (Å²) in [5.74, 6) is 1.22. The third-order valence-corrected chi connectivity index (χ3v) is 6.74. The first-order valence-electron chi connectivity index (χ1n) is 9.54. The molecule has 0 radical (unpaired) electrons. The van der Waals surface area contributed by atoms with E-state index in [0.717, 1.165) is 38.8 Å². The predicted molar refractivity (Wildman–Crippen MR) is 124 cm³/mol. The number of aromatic amines is 1. The minimum absolute atomic E-state index is 0.0294. The summed E-state index contributed by atoms with van der Waals surface area (Å²) in [5, 5.41) is 5.07. The van der Waals surface area contributed by atoms with E-state index in [9.17, 15) is 4.79 Å². The highest BCUT2D eigenvalue weighted by Gasteiger charge is 2.14. The highest BCUT2D eigenvalue weighted by atomic mass is 32.2. The average Bonchev–Trinajstić information content (AvgIpc) is 3.46. The first-order valence-corrected chi connectivity index (χ1v) is 11.5. The van der Waals surface area contributed by atoms with E-state index in [-0.39, 0.29) is 11.2 Å². The number of para-hydroxylation sites is 2. The number of hydrogen-bond acceptors (Lipinski definition) is 5. The first kappa shape index (κ1) is 18.9. The number of aromatic nitrogens is 4. The summed E-state index contributed by atoms with van der Waals surface area (Å²) < 4.78 is 2.01. The predicted octanol–water partition coefficient (Wildman–Crippen LogP) is 5.37. The van der Waals surface area contributed by atoms with E-state index < -0.39 is 0 Å². The second-order valence-corrected chi connectivity index (χ2v) is 9.14. The average molecular weight is 434 g/mol. The summed E-state index contributed by atoms with van der Waals surface area (Å²) in [4.78, 5) is 25.9. The van der Waals surface area contributed by atoms with E-state index in [2.05, 4.69) is 27.2 Å². The fraction of sp³-hybridized carbons (Fsp3) is 0.136. The van der Waals surface area contributed by atoms with Gasteiger partial charge in [0, 0.05) is 29.0 Å². The molecule has 0 aliphatic rings. The van der Waals surface area contributed by atoms with Crippen LogP contribution in [0.5, 0.6) is 0 Å². The Morgan fingerprint density at radius 1 is 1.20 bits per heavy atom. The Hall–Kier alpha value is -3.10. The van der Waals surface area contributed by atoms with Crippen molar-refractivity contribution in [3.63, 3.8) is 0 Å². The quantitative estimate of drug-likeness (QED) is 0.377. The molecule has 1 unspecified atom stereocenters. The zero-order valence-corrected chi connectivity index (χ0v) is 17.8. The lowest BCUT2D eigenvalue weighted by molar-refractivity contribution is -0.113. The monoisotopic (exact) mass is 433 g/mol. The molecule has 5 aromatic rings. The molecule has 3 aromatic heterocycles. The van der Waals surface area contributed by atoms with Gasteiger partial charge in [0.1, 0.15) is 5.82 Å². The number of nitrogens with one attached hydrogen (secondary N) is 2. The van der Waals surface area contributed by atoms with Gasteiger partial charge >= 0.3 is 0 Å². The van der Waals surface area contributed by atoms with Gasteiger partial charge in [-0.2, -0.15) is 0 Å². The lowest BCUT2D eigenvalue weighted by atomic mass is 10.1. The van der Waals surface area contributed by atoms with Crippen LogP contribution < -0.4 is 5.32 Å². The molecule has 2 N–H and O–H groups in total. The zero-order chi connectivity index (χ0) is 20.5. The number of imidazole rings is 2. The van der Waals surface area contributed by atoms with Crippen molar-refractivity contribution in [3.05, 3.63) is 72.1 Å². The molecule has 0 saturated carbocycles. The largest absolute Gasteiger partial charge is 0.341 e. The number of benzene rings is 2. The molecule has 2 aromatic carbocycles. The number of carbonyl (C=O) groups is 1. The van der Waals surface area contributed by atoms with Crippen LogP contribution >= 0.6 is 23.1 Å². The van der Waals surface area contributed by atoms with E-state index in [1.54, 1.807) is 23.1 Å². The normalized spacial score (nSPS) is 12.4. The zero-order valence-electron chi connectivity index (χ0n) is 16.2. The van der Waals surface area contributed by atoms with Gasteiger partial charge in [-0.15, -0.1) is 23.1 Å². The van der Waals surface area contributed by atoms with Crippen molar-refractivity contribution in [1.82, 2.24) is 19.4 Å². The van der Waals surface area contributed by atoms with Crippen molar-refractivity contribution in [2.45, 2.75) is 12.2 Å². The molecule has 30 heavy (non-hydrogen) atoms. The van der Waals surface area contributed by atoms with Gasteiger partial charge in [0.2, 0.25) is 5.91 Å². The standard InChI is InChI=1S/C22H19N5OS2/c1-14(21-24-17-4-2-3-5-18(17)25-21)30-13-20(28)23-16-8-6-15(7-9-16)19-12-27-10-11-29-22(27)26-19/h2-12,14H,13H2,1H3,(H,23,28)(H,24,25). The number of fused-ring (bicyclic) bond motifs is 2. The van der Waals surface area contributed by atoms with E-state index in [1.165, 1.54) is 0 Å². The summed E-state index contributed by atoms with van der Waals surface area (Å²) in [6.07, 6.45) is 4.00. The van der Waals surface area contributed by atoms with Gasteiger partial charge in [0.25, 0.3) is 0 Å². The van der Waals surface area contributed by atoms with Crippen LogP contribution in [-0.4, -0.2) is 31.0 Å². The molecule has 3 heterocycles. The number of amides is 1. The van der Waals surface area contributed by atoms with E-state index >= 15 is 0 Å². The fourth-order valence-corrected chi connectivity index (χ4v) is 4.68. The SMILES string of the molecule is CC(SCC(=O)Nc1ccc(-c2cn3ccsc3n2)cc1)c1nc2ccccc2[nH]1. The molecule has 0 bridgehead atoms. The van der Waals surface area contributed by atoms with Gasteiger partial charge in [-0.1, -0.05) is 24.3 Å². The van der Waals surface area contributed by atoms with Crippen molar-refractivity contribution in [2.75, 3.05) is 11.1 Å². The molecule has 0 spiro atoms. The lowest BCUT2D eigenvalue weighted by Gasteiger charge is -2.09. The molecular weight excluding hydrogens is 414 g/mol. The van der Waals surface area contributed by atoms with Gasteiger partial charge in [-0.3, -0.25) is 9.20 Å². The third-order valence-electron chi connectivity index (χ3n) is 4.81. The van der Waals surface area contributed by atoms with Crippen LogP contribution in [0, 0.1) is 0 Å². The number of nitrogens with zero attached hydrogens (tertiary/aromatic N) is 3. The number of thioether (sulfide) groups is 1. The maximum atomic E-state index is 12.4. The van der Waals surface area contributed by atoms with Crippen molar-refractivity contribution >= 4 is 50.7 Å². The Balaban J connectivity index is 1.18. The highest BCUT2D eigenvalue weighted by Crippen LogP contribution is 2.28. The van der Waals surface area contributed by atoms with Gasteiger partial charge in [0.05, 0.1) is 27.7 Å². The number of thiazole rings is 1. The van der Waals surface area contributed by atoms with Crippen LogP contribution in [0.4, 0.5) is 5.69 Å². The summed E-state index contributed by atoms with van der Waals surface area (Å²) in [6, 6.07) is 15.7. The van der Waals surface area contributed by atoms with E-state index in [1.807, 2.05) is 70.7 Å². The van der Waals surface area contributed by atoms with Crippen molar-refractivity contribution in [3.8, 4) is 11.3 Å². The number of rotatable bonds is 6.